The minimum absolute atomic E-state index is 0.0824. The molecule has 15 heavy (non-hydrogen) atoms. The summed E-state index contributed by atoms with van der Waals surface area (Å²) in [5.74, 6) is 0.337. The lowest BCUT2D eigenvalue weighted by molar-refractivity contribution is 0.310. The average molecular weight is 226 g/mol. The second kappa shape index (κ2) is 4.22. The number of ether oxygens (including phenoxy) is 1. The molecule has 0 amide bonds. The van der Waals surface area contributed by atoms with Crippen molar-refractivity contribution in [1.82, 2.24) is 24.7 Å². The molecule has 0 bridgehead atoms. The van der Waals surface area contributed by atoms with Crippen molar-refractivity contribution in [2.45, 2.75) is 6.92 Å². The number of rotatable bonds is 3. The molecule has 0 aliphatic carbocycles. The standard InChI is InChI=1S/C8H8ClN5O/c1-2-15-8-12-6(9)11-7(13-8)14-5-3-4-10-14/h3-5H,2H2,1H3. The first-order valence-corrected chi connectivity index (χ1v) is 4.72. The Morgan fingerprint density at radius 3 is 2.93 bits per heavy atom. The largest absolute Gasteiger partial charge is 0.464 e. The highest BCUT2D eigenvalue weighted by molar-refractivity contribution is 6.28. The fourth-order valence-electron chi connectivity index (χ4n) is 1.01. The van der Waals surface area contributed by atoms with Crippen LogP contribution in [0.2, 0.25) is 5.28 Å². The van der Waals surface area contributed by atoms with Crippen molar-refractivity contribution in [2.75, 3.05) is 6.61 Å². The van der Waals surface area contributed by atoms with Gasteiger partial charge in [0.2, 0.25) is 5.28 Å². The lowest BCUT2D eigenvalue weighted by atomic mass is 10.7. The van der Waals surface area contributed by atoms with Crippen LogP contribution in [0.4, 0.5) is 0 Å². The fraction of sp³-hybridized carbons (Fsp3) is 0.250. The summed E-state index contributed by atoms with van der Waals surface area (Å²) in [6.07, 6.45) is 3.33. The first kappa shape index (κ1) is 9.85. The molecule has 0 unspecified atom stereocenters. The SMILES string of the molecule is CCOc1nc(Cl)nc(-n2cccn2)n1. The van der Waals surface area contributed by atoms with Gasteiger partial charge in [0, 0.05) is 12.4 Å². The molecule has 7 heteroatoms. The molecule has 0 radical (unpaired) electrons. The fourth-order valence-corrected chi connectivity index (χ4v) is 1.15. The highest BCUT2D eigenvalue weighted by Crippen LogP contribution is 2.10. The Balaban J connectivity index is 2.40. The van der Waals surface area contributed by atoms with Gasteiger partial charge in [-0.1, -0.05) is 0 Å². The normalized spacial score (nSPS) is 10.3. The molecule has 2 rings (SSSR count). The van der Waals surface area contributed by atoms with Crippen molar-refractivity contribution in [2.24, 2.45) is 0 Å². The van der Waals surface area contributed by atoms with E-state index >= 15 is 0 Å². The minimum Gasteiger partial charge on any atom is -0.464 e. The molecule has 0 spiro atoms. The van der Waals surface area contributed by atoms with E-state index in [1.807, 2.05) is 6.92 Å². The summed E-state index contributed by atoms with van der Waals surface area (Å²) >= 11 is 5.72. The minimum atomic E-state index is 0.0824. The third-order valence-electron chi connectivity index (χ3n) is 1.56. The Hall–Kier alpha value is -1.69. The van der Waals surface area contributed by atoms with Crippen molar-refractivity contribution in [1.29, 1.82) is 0 Å². The van der Waals surface area contributed by atoms with Crippen LogP contribution in [0.25, 0.3) is 5.95 Å². The van der Waals surface area contributed by atoms with Gasteiger partial charge in [-0.15, -0.1) is 0 Å². The molecule has 0 aromatic carbocycles. The van der Waals surface area contributed by atoms with Gasteiger partial charge in [-0.05, 0) is 24.6 Å². The third kappa shape index (κ3) is 2.21. The van der Waals surface area contributed by atoms with Gasteiger partial charge in [0.05, 0.1) is 6.61 Å². The Kier molecular flexibility index (Phi) is 2.77. The van der Waals surface area contributed by atoms with Crippen LogP contribution in [-0.4, -0.2) is 31.3 Å². The van der Waals surface area contributed by atoms with Gasteiger partial charge in [-0.2, -0.15) is 20.1 Å². The molecule has 0 saturated heterocycles. The second-order valence-electron chi connectivity index (χ2n) is 2.57. The van der Waals surface area contributed by atoms with Crippen LogP contribution in [0.15, 0.2) is 18.5 Å². The lowest BCUT2D eigenvalue weighted by Crippen LogP contribution is -2.06. The van der Waals surface area contributed by atoms with E-state index in [9.17, 15) is 0 Å². The summed E-state index contributed by atoms with van der Waals surface area (Å²) in [6, 6.07) is 1.96. The highest BCUT2D eigenvalue weighted by atomic mass is 35.5. The maximum absolute atomic E-state index is 5.72. The summed E-state index contributed by atoms with van der Waals surface area (Å²) in [6.45, 7) is 2.31. The molecule has 0 fully saturated rings. The van der Waals surface area contributed by atoms with Gasteiger partial charge < -0.3 is 4.74 Å². The lowest BCUT2D eigenvalue weighted by Gasteiger charge is -2.03. The number of hydrogen-bond donors (Lipinski definition) is 0. The predicted octanol–water partition coefficient (Wildman–Crippen LogP) is 1.11. The predicted molar refractivity (Wildman–Crippen MR) is 53.1 cm³/mol. The van der Waals surface area contributed by atoms with Gasteiger partial charge in [0.25, 0.3) is 5.95 Å². The van der Waals surface area contributed by atoms with Crippen LogP contribution in [0.1, 0.15) is 6.92 Å². The zero-order chi connectivity index (χ0) is 10.7. The second-order valence-corrected chi connectivity index (χ2v) is 2.91. The van der Waals surface area contributed by atoms with E-state index in [0.29, 0.717) is 12.6 Å². The Morgan fingerprint density at radius 1 is 1.40 bits per heavy atom. The zero-order valence-electron chi connectivity index (χ0n) is 7.96. The van der Waals surface area contributed by atoms with E-state index < -0.39 is 0 Å². The summed E-state index contributed by atoms with van der Waals surface area (Å²) in [5, 5.41) is 4.06. The molecular formula is C8H8ClN5O. The van der Waals surface area contributed by atoms with Crippen molar-refractivity contribution < 1.29 is 4.74 Å². The van der Waals surface area contributed by atoms with Crippen LogP contribution in [0.3, 0.4) is 0 Å². The van der Waals surface area contributed by atoms with Crippen molar-refractivity contribution in [3.8, 4) is 12.0 Å². The van der Waals surface area contributed by atoms with E-state index in [1.54, 1.807) is 18.5 Å². The van der Waals surface area contributed by atoms with E-state index in [4.69, 9.17) is 16.3 Å². The van der Waals surface area contributed by atoms with Crippen LogP contribution in [0, 0.1) is 0 Å². The molecule has 0 saturated carbocycles. The van der Waals surface area contributed by atoms with Crippen LogP contribution < -0.4 is 4.74 Å². The summed E-state index contributed by atoms with van der Waals surface area (Å²) in [7, 11) is 0. The molecule has 0 aliphatic rings. The van der Waals surface area contributed by atoms with Crippen LogP contribution in [-0.2, 0) is 0 Å². The van der Waals surface area contributed by atoms with E-state index in [2.05, 4.69) is 20.1 Å². The van der Waals surface area contributed by atoms with Gasteiger partial charge in [-0.25, -0.2) is 4.68 Å². The molecule has 2 aromatic heterocycles. The molecule has 0 N–H and O–H groups in total. The molecule has 0 atom stereocenters. The number of nitrogens with zero attached hydrogens (tertiary/aromatic N) is 5. The van der Waals surface area contributed by atoms with E-state index in [0.717, 1.165) is 0 Å². The van der Waals surface area contributed by atoms with E-state index in [-0.39, 0.29) is 11.3 Å². The molecule has 2 heterocycles. The molecular weight excluding hydrogens is 218 g/mol. The Morgan fingerprint density at radius 2 is 2.27 bits per heavy atom. The topological polar surface area (TPSA) is 65.7 Å². The van der Waals surface area contributed by atoms with Crippen LogP contribution >= 0.6 is 11.6 Å². The Bertz CT molecular complexity index is 444. The van der Waals surface area contributed by atoms with Crippen molar-refractivity contribution in [3.63, 3.8) is 0 Å². The summed E-state index contributed by atoms with van der Waals surface area (Å²) in [4.78, 5) is 11.8. The van der Waals surface area contributed by atoms with E-state index in [1.165, 1.54) is 4.68 Å². The van der Waals surface area contributed by atoms with Crippen molar-refractivity contribution in [3.05, 3.63) is 23.7 Å². The average Bonchev–Trinajstić information content (AvgIpc) is 2.70. The first-order valence-electron chi connectivity index (χ1n) is 4.34. The van der Waals surface area contributed by atoms with Gasteiger partial charge in [-0.3, -0.25) is 0 Å². The zero-order valence-corrected chi connectivity index (χ0v) is 8.72. The van der Waals surface area contributed by atoms with Gasteiger partial charge in [0.1, 0.15) is 0 Å². The van der Waals surface area contributed by atoms with Gasteiger partial charge in [0.15, 0.2) is 0 Å². The number of aromatic nitrogens is 5. The molecule has 0 aliphatic heterocycles. The summed E-state index contributed by atoms with van der Waals surface area (Å²) in [5.41, 5.74) is 0. The third-order valence-corrected chi connectivity index (χ3v) is 1.73. The van der Waals surface area contributed by atoms with Gasteiger partial charge >= 0.3 is 6.01 Å². The first-order chi connectivity index (χ1) is 7.29. The number of halogens is 1. The Labute approximate surface area is 90.9 Å². The summed E-state index contributed by atoms with van der Waals surface area (Å²) < 4.78 is 6.62. The smallest absolute Gasteiger partial charge is 0.322 e. The highest BCUT2D eigenvalue weighted by Gasteiger charge is 2.07. The molecule has 78 valence electrons. The molecule has 6 nitrogen and oxygen atoms in total. The monoisotopic (exact) mass is 225 g/mol. The molecule has 2 aromatic rings. The number of hydrogen-bond acceptors (Lipinski definition) is 5. The van der Waals surface area contributed by atoms with Crippen LogP contribution in [0.5, 0.6) is 6.01 Å². The maximum atomic E-state index is 5.72. The van der Waals surface area contributed by atoms with Crippen molar-refractivity contribution >= 4 is 11.6 Å². The quantitative estimate of drug-likeness (QED) is 0.783. The maximum Gasteiger partial charge on any atom is 0.322 e.